The van der Waals surface area contributed by atoms with Crippen LogP contribution in [0.3, 0.4) is 0 Å². The van der Waals surface area contributed by atoms with Gasteiger partial charge in [0.25, 0.3) is 0 Å². The molecule has 2 rings (SSSR count). The lowest BCUT2D eigenvalue weighted by Crippen LogP contribution is -2.40. The first-order valence-corrected chi connectivity index (χ1v) is 11.1. The first kappa shape index (κ1) is 21.9. The third-order valence-electron chi connectivity index (χ3n) is 4.21. The van der Waals surface area contributed by atoms with Gasteiger partial charge in [-0.05, 0) is 23.1 Å². The molecule has 0 atom stereocenters. The maximum absolute atomic E-state index is 12.2. The van der Waals surface area contributed by atoms with Crippen LogP contribution in [0.15, 0.2) is 54.6 Å². The Balaban J connectivity index is 1.85. The number of nitrogens with one attached hydrogen (secondary N) is 1. The summed E-state index contributed by atoms with van der Waals surface area (Å²) in [7, 11) is -3.51. The number of carbonyl (C=O) groups excluding carboxylic acids is 1. The van der Waals surface area contributed by atoms with Gasteiger partial charge in [-0.3, -0.25) is 4.79 Å². The molecule has 6 nitrogen and oxygen atoms in total. The number of hydrogen-bond donors (Lipinski definition) is 1. The van der Waals surface area contributed by atoms with Crippen LogP contribution in [0.1, 0.15) is 30.9 Å². The Morgan fingerprint density at radius 1 is 1.07 bits per heavy atom. The van der Waals surface area contributed by atoms with Crippen molar-refractivity contribution < 1.29 is 17.9 Å². The number of ether oxygens (including phenoxy) is 1. The molecule has 7 heteroatoms. The summed E-state index contributed by atoms with van der Waals surface area (Å²) in [6.45, 7) is 4.73. The molecule has 1 amide bonds. The minimum atomic E-state index is -3.51. The fraction of sp³-hybridized carbons (Fsp3) is 0.381. The summed E-state index contributed by atoms with van der Waals surface area (Å²) < 4.78 is 30.9. The van der Waals surface area contributed by atoms with Crippen LogP contribution in [0, 0.1) is 0 Å². The molecule has 28 heavy (non-hydrogen) atoms. The molecule has 0 saturated carbocycles. The van der Waals surface area contributed by atoms with Crippen molar-refractivity contribution >= 4 is 15.9 Å². The molecule has 0 saturated heterocycles. The van der Waals surface area contributed by atoms with E-state index in [9.17, 15) is 13.2 Å². The molecule has 1 N–H and O–H groups in total. The van der Waals surface area contributed by atoms with Crippen molar-refractivity contribution in [1.82, 2.24) is 9.62 Å². The van der Waals surface area contributed by atoms with Crippen molar-refractivity contribution in [3.8, 4) is 5.75 Å². The van der Waals surface area contributed by atoms with Crippen molar-refractivity contribution in [2.24, 2.45) is 0 Å². The maximum atomic E-state index is 12.2. The lowest BCUT2D eigenvalue weighted by Gasteiger charge is -2.20. The van der Waals surface area contributed by atoms with Crippen LogP contribution in [0.5, 0.6) is 5.75 Å². The van der Waals surface area contributed by atoms with E-state index in [1.165, 1.54) is 0 Å². The summed E-state index contributed by atoms with van der Waals surface area (Å²) in [5.41, 5.74) is 1.94. The third kappa shape index (κ3) is 6.98. The molecule has 0 spiro atoms. The third-order valence-corrected chi connectivity index (χ3v) is 5.41. The molecule has 0 fully saturated rings. The van der Waals surface area contributed by atoms with Gasteiger partial charge in [0.05, 0.1) is 19.3 Å². The topological polar surface area (TPSA) is 75.7 Å². The van der Waals surface area contributed by atoms with Gasteiger partial charge in [0, 0.05) is 6.54 Å². The Morgan fingerprint density at radius 2 is 1.71 bits per heavy atom. The molecule has 2 aromatic rings. The van der Waals surface area contributed by atoms with Gasteiger partial charge in [-0.2, -0.15) is 4.31 Å². The number of para-hydroxylation sites is 1. The fourth-order valence-electron chi connectivity index (χ4n) is 2.73. The van der Waals surface area contributed by atoms with Gasteiger partial charge in [0.2, 0.25) is 15.9 Å². The van der Waals surface area contributed by atoms with Gasteiger partial charge >= 0.3 is 0 Å². The summed E-state index contributed by atoms with van der Waals surface area (Å²) >= 11 is 0. The molecule has 152 valence electrons. The van der Waals surface area contributed by atoms with Gasteiger partial charge < -0.3 is 10.1 Å². The van der Waals surface area contributed by atoms with Crippen LogP contribution in [-0.2, 0) is 21.4 Å². The van der Waals surface area contributed by atoms with Gasteiger partial charge in [-0.25, -0.2) is 8.42 Å². The average Bonchev–Trinajstić information content (AvgIpc) is 2.65. The van der Waals surface area contributed by atoms with E-state index in [0.717, 1.165) is 27.4 Å². The largest absolute Gasteiger partial charge is 0.491 e. The zero-order chi connectivity index (χ0) is 20.6. The molecular formula is C21H28N2O4S. The van der Waals surface area contributed by atoms with E-state index in [1.54, 1.807) is 0 Å². The number of nitrogens with zero attached hydrogens (tertiary/aromatic N) is 1. The normalized spacial score (nSPS) is 11.6. The van der Waals surface area contributed by atoms with E-state index in [4.69, 9.17) is 4.74 Å². The van der Waals surface area contributed by atoms with Crippen LogP contribution in [0.2, 0.25) is 0 Å². The van der Waals surface area contributed by atoms with Crippen LogP contribution >= 0.6 is 0 Å². The van der Waals surface area contributed by atoms with Gasteiger partial charge in [-0.15, -0.1) is 0 Å². The van der Waals surface area contributed by atoms with Crippen molar-refractivity contribution in [3.63, 3.8) is 0 Å². The summed E-state index contributed by atoms with van der Waals surface area (Å²) in [6, 6.07) is 17.0. The highest BCUT2D eigenvalue weighted by atomic mass is 32.2. The first-order valence-electron chi connectivity index (χ1n) is 9.25. The number of carbonyl (C=O) groups is 1. The Bertz CT molecular complexity index is 867. The molecule has 2 aromatic carbocycles. The SMILES string of the molecule is CC(C)c1ccccc1OCCNC(=O)CN(Cc1ccccc1)S(C)(=O)=O. The van der Waals surface area contributed by atoms with Crippen LogP contribution in [0.4, 0.5) is 0 Å². The highest BCUT2D eigenvalue weighted by Crippen LogP contribution is 2.25. The monoisotopic (exact) mass is 404 g/mol. The van der Waals surface area contributed by atoms with Crippen LogP contribution in [-0.4, -0.2) is 44.6 Å². The van der Waals surface area contributed by atoms with E-state index < -0.39 is 10.0 Å². The number of hydrogen-bond acceptors (Lipinski definition) is 4. The van der Waals surface area contributed by atoms with E-state index in [0.29, 0.717) is 19.1 Å². The lowest BCUT2D eigenvalue weighted by molar-refractivity contribution is -0.121. The van der Waals surface area contributed by atoms with Crippen molar-refractivity contribution in [1.29, 1.82) is 0 Å². The number of benzene rings is 2. The molecule has 0 radical (unpaired) electrons. The molecular weight excluding hydrogens is 376 g/mol. The minimum Gasteiger partial charge on any atom is -0.491 e. The predicted molar refractivity (Wildman–Crippen MR) is 111 cm³/mol. The zero-order valence-corrected chi connectivity index (χ0v) is 17.4. The summed E-state index contributed by atoms with van der Waals surface area (Å²) in [6.07, 6.45) is 1.11. The highest BCUT2D eigenvalue weighted by molar-refractivity contribution is 7.88. The number of rotatable bonds is 10. The van der Waals surface area contributed by atoms with Crippen LogP contribution < -0.4 is 10.1 Å². The molecule has 0 aliphatic rings. The Morgan fingerprint density at radius 3 is 2.36 bits per heavy atom. The standard InChI is InChI=1S/C21H28N2O4S/c1-17(2)19-11-7-8-12-20(19)27-14-13-22-21(24)16-23(28(3,25)26)15-18-9-5-4-6-10-18/h4-12,17H,13-16H2,1-3H3,(H,22,24). The minimum absolute atomic E-state index is 0.158. The number of amides is 1. The fourth-order valence-corrected chi connectivity index (χ4v) is 3.47. The van der Waals surface area contributed by atoms with E-state index in [-0.39, 0.29) is 19.0 Å². The van der Waals surface area contributed by atoms with Crippen molar-refractivity contribution in [3.05, 3.63) is 65.7 Å². The quantitative estimate of drug-likeness (QED) is 0.618. The second kappa shape index (κ2) is 10.2. The second-order valence-corrected chi connectivity index (χ2v) is 8.89. The molecule has 0 aromatic heterocycles. The van der Waals surface area contributed by atoms with Gasteiger partial charge in [0.1, 0.15) is 12.4 Å². The molecule has 0 heterocycles. The Kier molecular flexibility index (Phi) is 8.02. The zero-order valence-electron chi connectivity index (χ0n) is 16.6. The molecule has 0 unspecified atom stereocenters. The maximum Gasteiger partial charge on any atom is 0.235 e. The Labute approximate surface area is 167 Å². The molecule has 0 aliphatic carbocycles. The average molecular weight is 405 g/mol. The van der Waals surface area contributed by atoms with E-state index in [1.807, 2.05) is 54.6 Å². The first-order chi connectivity index (χ1) is 13.3. The second-order valence-electron chi connectivity index (χ2n) is 6.91. The van der Waals surface area contributed by atoms with Crippen molar-refractivity contribution in [2.75, 3.05) is 26.0 Å². The number of sulfonamides is 1. The van der Waals surface area contributed by atoms with Gasteiger partial charge in [0.15, 0.2) is 0 Å². The van der Waals surface area contributed by atoms with E-state index in [2.05, 4.69) is 19.2 Å². The van der Waals surface area contributed by atoms with E-state index >= 15 is 0 Å². The Hall–Kier alpha value is -2.38. The summed E-state index contributed by atoms with van der Waals surface area (Å²) in [5, 5.41) is 2.72. The van der Waals surface area contributed by atoms with Crippen molar-refractivity contribution in [2.45, 2.75) is 26.3 Å². The van der Waals surface area contributed by atoms with Gasteiger partial charge in [-0.1, -0.05) is 62.4 Å². The smallest absolute Gasteiger partial charge is 0.235 e. The predicted octanol–water partition coefficient (Wildman–Crippen LogP) is 2.77. The summed E-state index contributed by atoms with van der Waals surface area (Å²) in [4.78, 5) is 12.2. The lowest BCUT2D eigenvalue weighted by atomic mass is 10.0. The molecule has 0 bridgehead atoms. The molecule has 0 aliphatic heterocycles. The van der Waals surface area contributed by atoms with Crippen LogP contribution in [0.25, 0.3) is 0 Å². The summed E-state index contributed by atoms with van der Waals surface area (Å²) in [5.74, 6) is 0.780. The highest BCUT2D eigenvalue weighted by Gasteiger charge is 2.20.